The molecule has 84 valence electrons. The molecule has 0 heterocycles. The molecule has 0 aromatic carbocycles. The van der Waals surface area contributed by atoms with E-state index in [-0.39, 0.29) is 29.6 Å². The summed E-state index contributed by atoms with van der Waals surface area (Å²) in [6.07, 6.45) is 10.5. The SMILES string of the molecule is CCCCCCCCCCOC(=S)S.[Na+]. The first kappa shape index (κ1) is 18.6. The maximum atomic E-state index is 5.08. The van der Waals surface area contributed by atoms with Crippen molar-refractivity contribution in [1.29, 1.82) is 0 Å². The number of thiol groups is 1. The Morgan fingerprint density at radius 1 is 1.00 bits per heavy atom. The molecule has 0 unspecified atom stereocenters. The van der Waals surface area contributed by atoms with Crippen molar-refractivity contribution >= 4 is 29.2 Å². The van der Waals surface area contributed by atoms with Gasteiger partial charge in [0.1, 0.15) is 0 Å². The summed E-state index contributed by atoms with van der Waals surface area (Å²) >= 11 is 8.58. The minimum atomic E-state index is 0. The van der Waals surface area contributed by atoms with Gasteiger partial charge in [-0.05, 0) is 18.6 Å². The molecule has 4 heteroatoms. The molecule has 0 radical (unpaired) electrons. The Hall–Kier alpha value is 1.24. The van der Waals surface area contributed by atoms with Gasteiger partial charge in [0.2, 0.25) is 4.38 Å². The van der Waals surface area contributed by atoms with Crippen LogP contribution in [0.3, 0.4) is 0 Å². The maximum absolute atomic E-state index is 5.08. The zero-order valence-electron chi connectivity index (χ0n) is 10.1. The number of rotatable bonds is 9. The van der Waals surface area contributed by atoms with E-state index in [1.807, 2.05) is 0 Å². The molecule has 0 aromatic heterocycles. The van der Waals surface area contributed by atoms with Crippen molar-refractivity contribution in [2.45, 2.75) is 58.3 Å². The van der Waals surface area contributed by atoms with Crippen LogP contribution in [-0.4, -0.2) is 11.0 Å². The van der Waals surface area contributed by atoms with E-state index in [9.17, 15) is 0 Å². The van der Waals surface area contributed by atoms with Crippen molar-refractivity contribution in [2.24, 2.45) is 0 Å². The third kappa shape index (κ3) is 17.8. The largest absolute Gasteiger partial charge is 1.00 e. The van der Waals surface area contributed by atoms with E-state index in [2.05, 4.69) is 31.8 Å². The van der Waals surface area contributed by atoms with Crippen molar-refractivity contribution in [1.82, 2.24) is 0 Å². The van der Waals surface area contributed by atoms with Gasteiger partial charge in [-0.15, -0.1) is 0 Å². The average molecular weight is 257 g/mol. The number of unbranched alkanes of at least 4 members (excludes halogenated alkanes) is 7. The van der Waals surface area contributed by atoms with Gasteiger partial charge in [-0.1, -0.05) is 64.5 Å². The van der Waals surface area contributed by atoms with Crippen molar-refractivity contribution < 1.29 is 34.3 Å². The van der Waals surface area contributed by atoms with E-state index in [0.29, 0.717) is 4.38 Å². The van der Waals surface area contributed by atoms with Crippen molar-refractivity contribution in [2.75, 3.05) is 6.61 Å². The van der Waals surface area contributed by atoms with E-state index in [0.717, 1.165) is 13.0 Å². The van der Waals surface area contributed by atoms with E-state index in [1.54, 1.807) is 0 Å². The van der Waals surface area contributed by atoms with Gasteiger partial charge in [0.25, 0.3) is 0 Å². The quantitative estimate of drug-likeness (QED) is 0.289. The third-order valence-corrected chi connectivity index (χ3v) is 2.47. The molecule has 0 N–H and O–H groups in total. The third-order valence-electron chi connectivity index (χ3n) is 2.22. The van der Waals surface area contributed by atoms with Crippen LogP contribution in [0.1, 0.15) is 58.3 Å². The fourth-order valence-corrected chi connectivity index (χ4v) is 1.57. The van der Waals surface area contributed by atoms with Crippen molar-refractivity contribution in [3.05, 3.63) is 0 Å². The van der Waals surface area contributed by atoms with Gasteiger partial charge in [-0.3, -0.25) is 0 Å². The Morgan fingerprint density at radius 3 is 1.93 bits per heavy atom. The molecule has 15 heavy (non-hydrogen) atoms. The van der Waals surface area contributed by atoms with E-state index in [4.69, 9.17) is 4.74 Å². The second-order valence-corrected chi connectivity index (χ2v) is 4.67. The summed E-state index contributed by atoms with van der Waals surface area (Å²) in [4.78, 5) is 0. The maximum Gasteiger partial charge on any atom is 1.00 e. The zero-order chi connectivity index (χ0) is 10.6. The van der Waals surface area contributed by atoms with E-state index < -0.39 is 0 Å². The monoisotopic (exact) mass is 257 g/mol. The van der Waals surface area contributed by atoms with Crippen molar-refractivity contribution in [3.63, 3.8) is 0 Å². The zero-order valence-corrected chi connectivity index (χ0v) is 13.8. The minimum Gasteiger partial charge on any atom is -0.479 e. The molecule has 0 saturated carbocycles. The van der Waals surface area contributed by atoms with Gasteiger partial charge in [-0.2, -0.15) is 0 Å². The number of hydrogen-bond acceptors (Lipinski definition) is 2. The molecule has 0 spiro atoms. The Labute approximate surface area is 127 Å². The smallest absolute Gasteiger partial charge is 0.479 e. The van der Waals surface area contributed by atoms with Gasteiger partial charge >= 0.3 is 29.6 Å². The summed E-state index contributed by atoms with van der Waals surface area (Å²) in [6, 6.07) is 0. The first-order valence-corrected chi connectivity index (χ1v) is 6.48. The number of thiocarbonyl (C=S) groups is 1. The topological polar surface area (TPSA) is 9.23 Å². The molecule has 0 amide bonds. The van der Waals surface area contributed by atoms with Gasteiger partial charge in [0, 0.05) is 0 Å². The van der Waals surface area contributed by atoms with Crippen molar-refractivity contribution in [3.8, 4) is 0 Å². The van der Waals surface area contributed by atoms with E-state index >= 15 is 0 Å². The molecular weight excluding hydrogens is 235 g/mol. The Bertz CT molecular complexity index is 143. The molecule has 1 nitrogen and oxygen atoms in total. The molecular formula is C11H22NaOS2+. The van der Waals surface area contributed by atoms with Crippen LogP contribution in [-0.2, 0) is 4.74 Å². The summed E-state index contributed by atoms with van der Waals surface area (Å²) in [7, 11) is 0. The molecule has 0 aliphatic heterocycles. The fraction of sp³-hybridized carbons (Fsp3) is 0.909. The van der Waals surface area contributed by atoms with Crippen LogP contribution in [0.5, 0.6) is 0 Å². The van der Waals surface area contributed by atoms with Gasteiger partial charge in [0.15, 0.2) is 0 Å². The fourth-order valence-electron chi connectivity index (χ4n) is 1.40. The summed E-state index contributed by atoms with van der Waals surface area (Å²) in [6.45, 7) is 2.98. The van der Waals surface area contributed by atoms with Crippen LogP contribution < -0.4 is 29.6 Å². The molecule has 0 aliphatic carbocycles. The predicted molar refractivity (Wildman–Crippen MR) is 70.1 cm³/mol. The number of ether oxygens (including phenoxy) is 1. The van der Waals surface area contributed by atoms with Crippen LogP contribution in [0.4, 0.5) is 0 Å². The van der Waals surface area contributed by atoms with Crippen LogP contribution in [0.25, 0.3) is 0 Å². The molecule has 0 atom stereocenters. The van der Waals surface area contributed by atoms with Gasteiger partial charge in [-0.25, -0.2) is 0 Å². The van der Waals surface area contributed by atoms with Gasteiger partial charge < -0.3 is 4.74 Å². The van der Waals surface area contributed by atoms with Crippen LogP contribution in [0.2, 0.25) is 0 Å². The van der Waals surface area contributed by atoms with Crippen LogP contribution >= 0.6 is 24.8 Å². The average Bonchev–Trinajstić information content (AvgIpc) is 2.15. The Balaban J connectivity index is 0. The summed E-state index contributed by atoms with van der Waals surface area (Å²) in [5.41, 5.74) is 0. The first-order valence-electron chi connectivity index (χ1n) is 5.63. The molecule has 0 aromatic rings. The summed E-state index contributed by atoms with van der Waals surface area (Å²) in [5.74, 6) is 0. The second kappa shape index (κ2) is 15.2. The molecule has 0 rings (SSSR count). The molecule has 0 bridgehead atoms. The van der Waals surface area contributed by atoms with Crippen LogP contribution in [0.15, 0.2) is 0 Å². The Kier molecular flexibility index (Phi) is 18.9. The summed E-state index contributed by atoms with van der Waals surface area (Å²) < 4.78 is 5.45. The first-order chi connectivity index (χ1) is 6.77. The normalized spacial score (nSPS) is 9.47. The molecule has 0 aliphatic rings. The second-order valence-electron chi connectivity index (χ2n) is 3.59. The number of hydrogen-bond donors (Lipinski definition) is 1. The Morgan fingerprint density at radius 2 is 1.47 bits per heavy atom. The van der Waals surface area contributed by atoms with Gasteiger partial charge in [0.05, 0.1) is 6.61 Å². The molecule has 0 saturated heterocycles. The van der Waals surface area contributed by atoms with E-state index in [1.165, 1.54) is 44.9 Å². The minimum absolute atomic E-state index is 0. The van der Waals surface area contributed by atoms with Crippen LogP contribution in [0, 0.1) is 0 Å². The standard InChI is InChI=1S/C11H22OS2.Na/c1-2-3-4-5-6-7-8-9-10-12-11(13)14;/h2-10H2,1H3,(H,13,14);/q;+1. The predicted octanol–water partition coefficient (Wildman–Crippen LogP) is 1.36. The molecule has 0 fully saturated rings. The summed E-state index contributed by atoms with van der Waals surface area (Å²) in [5, 5.41) is 0.